The first-order valence-corrected chi connectivity index (χ1v) is 6.86. The molecule has 0 aromatic heterocycles. The zero-order chi connectivity index (χ0) is 11.6. The van der Waals surface area contributed by atoms with Crippen LogP contribution in [0.15, 0.2) is 0 Å². The van der Waals surface area contributed by atoms with Crippen molar-refractivity contribution in [2.75, 3.05) is 0 Å². The molecule has 0 spiro atoms. The van der Waals surface area contributed by atoms with E-state index in [1.165, 1.54) is 25.7 Å². The zero-order valence-electron chi connectivity index (χ0n) is 11.6. The molecular formula is C15H30. The first-order chi connectivity index (χ1) is 6.86. The summed E-state index contributed by atoms with van der Waals surface area (Å²) in [4.78, 5) is 0. The Morgan fingerprint density at radius 1 is 0.933 bits per heavy atom. The Morgan fingerprint density at radius 3 is 1.80 bits per heavy atom. The molecule has 0 heterocycles. The van der Waals surface area contributed by atoms with Gasteiger partial charge in [-0.05, 0) is 54.8 Å². The molecule has 0 radical (unpaired) electrons. The van der Waals surface area contributed by atoms with Gasteiger partial charge in [-0.2, -0.15) is 0 Å². The van der Waals surface area contributed by atoms with Crippen LogP contribution >= 0.6 is 0 Å². The average Bonchev–Trinajstić information content (AvgIpc) is 2.83. The highest BCUT2D eigenvalue weighted by Gasteiger charge is 2.37. The summed E-state index contributed by atoms with van der Waals surface area (Å²) in [6.45, 7) is 14.5. The second-order valence-electron chi connectivity index (χ2n) is 6.86. The van der Waals surface area contributed by atoms with Gasteiger partial charge in [-0.1, -0.05) is 41.5 Å². The second kappa shape index (κ2) is 4.89. The van der Waals surface area contributed by atoms with Crippen molar-refractivity contribution >= 4 is 0 Å². The minimum atomic E-state index is 0.740. The van der Waals surface area contributed by atoms with Crippen LogP contribution in [0.5, 0.6) is 0 Å². The molecule has 1 aliphatic rings. The second-order valence-corrected chi connectivity index (χ2v) is 6.86. The summed E-state index contributed by atoms with van der Waals surface area (Å²) in [5.41, 5.74) is 0.740. The smallest absolute Gasteiger partial charge is 0.0325 e. The Labute approximate surface area is 96.8 Å². The fourth-order valence-electron chi connectivity index (χ4n) is 2.68. The molecule has 1 saturated carbocycles. The van der Waals surface area contributed by atoms with Crippen molar-refractivity contribution in [3.8, 4) is 0 Å². The highest BCUT2D eigenvalue weighted by atomic mass is 14.4. The molecule has 1 rings (SSSR count). The lowest BCUT2D eigenvalue weighted by molar-refractivity contribution is 0.188. The first-order valence-electron chi connectivity index (χ1n) is 6.86. The fourth-order valence-corrected chi connectivity index (χ4v) is 2.68. The molecule has 0 aromatic rings. The van der Waals surface area contributed by atoms with Crippen LogP contribution in [-0.2, 0) is 0 Å². The SMILES string of the molecule is CC(C)C(C)C(CCC1(C)CC1)C(C)C. The monoisotopic (exact) mass is 210 g/mol. The van der Waals surface area contributed by atoms with Crippen molar-refractivity contribution in [3.63, 3.8) is 0 Å². The van der Waals surface area contributed by atoms with Crippen LogP contribution in [-0.4, -0.2) is 0 Å². The van der Waals surface area contributed by atoms with Crippen LogP contribution in [0.4, 0.5) is 0 Å². The van der Waals surface area contributed by atoms with Crippen molar-refractivity contribution in [2.24, 2.45) is 29.1 Å². The van der Waals surface area contributed by atoms with Crippen LogP contribution in [0.2, 0.25) is 0 Å². The molecule has 15 heavy (non-hydrogen) atoms. The molecule has 2 unspecified atom stereocenters. The molecule has 0 amide bonds. The van der Waals surface area contributed by atoms with Crippen LogP contribution in [0.1, 0.15) is 67.2 Å². The van der Waals surface area contributed by atoms with Gasteiger partial charge in [0.2, 0.25) is 0 Å². The molecule has 0 saturated heterocycles. The van der Waals surface area contributed by atoms with E-state index in [9.17, 15) is 0 Å². The molecule has 0 aliphatic heterocycles. The lowest BCUT2D eigenvalue weighted by Crippen LogP contribution is -2.23. The predicted molar refractivity (Wildman–Crippen MR) is 68.9 cm³/mol. The summed E-state index contributed by atoms with van der Waals surface area (Å²) in [6, 6.07) is 0. The summed E-state index contributed by atoms with van der Waals surface area (Å²) in [5, 5.41) is 0. The molecule has 0 heteroatoms. The molecule has 90 valence electrons. The van der Waals surface area contributed by atoms with Gasteiger partial charge >= 0.3 is 0 Å². The van der Waals surface area contributed by atoms with Gasteiger partial charge in [0.1, 0.15) is 0 Å². The normalized spacial score (nSPS) is 23.2. The summed E-state index contributed by atoms with van der Waals surface area (Å²) in [7, 11) is 0. The minimum absolute atomic E-state index is 0.740. The molecule has 1 aliphatic carbocycles. The van der Waals surface area contributed by atoms with Gasteiger partial charge in [0.15, 0.2) is 0 Å². The van der Waals surface area contributed by atoms with Gasteiger partial charge in [-0.15, -0.1) is 0 Å². The van der Waals surface area contributed by atoms with Crippen molar-refractivity contribution in [2.45, 2.75) is 67.2 Å². The molecule has 0 nitrogen and oxygen atoms in total. The van der Waals surface area contributed by atoms with E-state index in [0.717, 1.165) is 29.1 Å². The lowest BCUT2D eigenvalue weighted by atomic mass is 9.75. The largest absolute Gasteiger partial charge is 0.0625 e. The van der Waals surface area contributed by atoms with Crippen molar-refractivity contribution < 1.29 is 0 Å². The minimum Gasteiger partial charge on any atom is -0.0625 e. The van der Waals surface area contributed by atoms with E-state index in [1.54, 1.807) is 0 Å². The van der Waals surface area contributed by atoms with E-state index in [-0.39, 0.29) is 0 Å². The third kappa shape index (κ3) is 3.81. The average molecular weight is 210 g/mol. The van der Waals surface area contributed by atoms with Crippen LogP contribution in [0, 0.1) is 29.1 Å². The molecule has 1 fully saturated rings. The Morgan fingerprint density at radius 2 is 1.47 bits per heavy atom. The topological polar surface area (TPSA) is 0 Å². The van der Waals surface area contributed by atoms with E-state index in [4.69, 9.17) is 0 Å². The maximum atomic E-state index is 2.46. The van der Waals surface area contributed by atoms with Gasteiger partial charge in [0.25, 0.3) is 0 Å². The molecule has 2 atom stereocenters. The van der Waals surface area contributed by atoms with E-state index < -0.39 is 0 Å². The zero-order valence-corrected chi connectivity index (χ0v) is 11.6. The molecule has 0 aromatic carbocycles. The lowest BCUT2D eigenvalue weighted by Gasteiger charge is -2.31. The Hall–Kier alpha value is 0. The van der Waals surface area contributed by atoms with Crippen LogP contribution in [0.3, 0.4) is 0 Å². The maximum absolute atomic E-state index is 2.46. The fraction of sp³-hybridized carbons (Fsp3) is 1.00. The third-order valence-electron chi connectivity index (χ3n) is 4.77. The number of hydrogen-bond donors (Lipinski definition) is 0. The number of rotatable bonds is 6. The summed E-state index contributed by atoms with van der Waals surface area (Å²) in [5.74, 6) is 3.50. The highest BCUT2D eigenvalue weighted by molar-refractivity contribution is 4.89. The van der Waals surface area contributed by atoms with Crippen molar-refractivity contribution in [3.05, 3.63) is 0 Å². The van der Waals surface area contributed by atoms with Crippen molar-refractivity contribution in [1.82, 2.24) is 0 Å². The van der Waals surface area contributed by atoms with Gasteiger partial charge in [0.05, 0.1) is 0 Å². The Bertz CT molecular complexity index is 186. The van der Waals surface area contributed by atoms with E-state index in [0.29, 0.717) is 0 Å². The van der Waals surface area contributed by atoms with Crippen molar-refractivity contribution in [1.29, 1.82) is 0 Å². The molecule has 0 bridgehead atoms. The summed E-state index contributed by atoms with van der Waals surface area (Å²) in [6.07, 6.45) is 5.88. The van der Waals surface area contributed by atoms with Gasteiger partial charge in [-0.3, -0.25) is 0 Å². The third-order valence-corrected chi connectivity index (χ3v) is 4.77. The maximum Gasteiger partial charge on any atom is -0.0325 e. The van der Waals surface area contributed by atoms with E-state index in [1.807, 2.05) is 0 Å². The first kappa shape index (κ1) is 13.1. The summed E-state index contributed by atoms with van der Waals surface area (Å²) >= 11 is 0. The van der Waals surface area contributed by atoms with E-state index >= 15 is 0 Å². The Balaban J connectivity index is 2.43. The highest BCUT2D eigenvalue weighted by Crippen LogP contribution is 2.50. The van der Waals surface area contributed by atoms with Crippen LogP contribution in [0.25, 0.3) is 0 Å². The van der Waals surface area contributed by atoms with Gasteiger partial charge in [0, 0.05) is 0 Å². The molecule has 0 N–H and O–H groups in total. The molecular weight excluding hydrogens is 180 g/mol. The standard InChI is InChI=1S/C15H30/c1-11(2)13(5)14(12(3)4)7-8-15(6)9-10-15/h11-14H,7-10H2,1-6H3. The van der Waals surface area contributed by atoms with Gasteiger partial charge in [-0.25, -0.2) is 0 Å². The quantitative estimate of drug-likeness (QED) is 0.570. The Kier molecular flexibility index (Phi) is 4.26. The van der Waals surface area contributed by atoms with Gasteiger partial charge < -0.3 is 0 Å². The number of hydrogen-bond acceptors (Lipinski definition) is 0. The van der Waals surface area contributed by atoms with Crippen LogP contribution < -0.4 is 0 Å². The summed E-state index contributed by atoms with van der Waals surface area (Å²) < 4.78 is 0. The van der Waals surface area contributed by atoms with E-state index in [2.05, 4.69) is 41.5 Å². The predicted octanol–water partition coefficient (Wildman–Crippen LogP) is 5.13.